The van der Waals surface area contributed by atoms with Crippen molar-refractivity contribution in [2.75, 3.05) is 17.6 Å². The first-order valence-corrected chi connectivity index (χ1v) is 12.0. The molecule has 0 amide bonds. The summed E-state index contributed by atoms with van der Waals surface area (Å²) in [4.78, 5) is 25.8. The quantitative estimate of drug-likeness (QED) is 0.602. The highest BCUT2D eigenvalue weighted by Gasteiger charge is 2.33. The molecule has 2 aromatic rings. The third-order valence-corrected chi connectivity index (χ3v) is 7.47. The maximum Gasteiger partial charge on any atom is 0.295 e. The Kier molecular flexibility index (Phi) is 5.52. The van der Waals surface area contributed by atoms with Crippen LogP contribution in [0.5, 0.6) is 0 Å². The van der Waals surface area contributed by atoms with Crippen molar-refractivity contribution in [3.8, 4) is 0 Å². The van der Waals surface area contributed by atoms with Gasteiger partial charge in [0.1, 0.15) is 5.52 Å². The van der Waals surface area contributed by atoms with Gasteiger partial charge in [-0.15, -0.1) is 0 Å². The summed E-state index contributed by atoms with van der Waals surface area (Å²) >= 11 is 5.95. The van der Waals surface area contributed by atoms with E-state index in [0.717, 1.165) is 25.7 Å². The van der Waals surface area contributed by atoms with Gasteiger partial charge in [0.15, 0.2) is 11.5 Å². The Balaban J connectivity index is 1.51. The standard InChI is InChI=1S/C18H25ClN6O3S/c1-3-29(27,28)24-13-6-11(7-13)8-20-15-17(26)25(10(2)12-4-5-12)16-14(22-15)9-21-18(19)23-16/h9-13,24H,3-8H2,1-2H3,(H,20,22)/t10-,11?,13?/m0/s1. The number of hydrogen-bond donors (Lipinski definition) is 2. The molecule has 2 aliphatic rings. The SMILES string of the molecule is CCS(=O)(=O)NC1CC(CNc2nc3cnc(Cl)nc3n([C@@H](C)C3CC3)c2=O)C1. The molecule has 2 saturated carbocycles. The molecule has 0 aliphatic heterocycles. The topological polar surface area (TPSA) is 119 Å². The van der Waals surface area contributed by atoms with Crippen LogP contribution >= 0.6 is 11.6 Å². The third-order valence-electron chi connectivity index (χ3n) is 5.83. The zero-order chi connectivity index (χ0) is 20.8. The number of sulfonamides is 1. The van der Waals surface area contributed by atoms with Crippen molar-refractivity contribution in [1.29, 1.82) is 0 Å². The molecule has 2 fully saturated rings. The molecule has 9 nitrogen and oxygen atoms in total. The van der Waals surface area contributed by atoms with Gasteiger partial charge in [-0.2, -0.15) is 4.98 Å². The van der Waals surface area contributed by atoms with Crippen molar-refractivity contribution >= 4 is 38.6 Å². The highest BCUT2D eigenvalue weighted by atomic mass is 35.5. The largest absolute Gasteiger partial charge is 0.365 e. The van der Waals surface area contributed by atoms with E-state index < -0.39 is 10.0 Å². The van der Waals surface area contributed by atoms with Gasteiger partial charge in [-0.05, 0) is 63.0 Å². The molecule has 2 aromatic heterocycles. The van der Waals surface area contributed by atoms with Crippen LogP contribution in [0.4, 0.5) is 5.82 Å². The summed E-state index contributed by atoms with van der Waals surface area (Å²) in [7, 11) is -3.18. The zero-order valence-corrected chi connectivity index (χ0v) is 18.0. The van der Waals surface area contributed by atoms with Gasteiger partial charge < -0.3 is 5.32 Å². The number of hydrogen-bond acceptors (Lipinski definition) is 7. The Hall–Kier alpha value is -1.78. The second-order valence-electron chi connectivity index (χ2n) is 8.00. The first kappa shape index (κ1) is 20.5. The number of fused-ring (bicyclic) bond motifs is 1. The van der Waals surface area contributed by atoms with Crippen molar-refractivity contribution in [3.63, 3.8) is 0 Å². The molecule has 0 radical (unpaired) electrons. The van der Waals surface area contributed by atoms with Crippen LogP contribution in [-0.4, -0.2) is 46.3 Å². The molecule has 158 valence electrons. The number of nitrogens with one attached hydrogen (secondary N) is 2. The fourth-order valence-electron chi connectivity index (χ4n) is 3.84. The van der Waals surface area contributed by atoms with E-state index in [1.165, 1.54) is 6.20 Å². The fraction of sp³-hybridized carbons (Fsp3) is 0.667. The summed E-state index contributed by atoms with van der Waals surface area (Å²) in [6.45, 7) is 4.20. The normalized spacial score (nSPS) is 23.0. The molecule has 29 heavy (non-hydrogen) atoms. The number of aromatic nitrogens is 4. The maximum atomic E-state index is 13.1. The summed E-state index contributed by atoms with van der Waals surface area (Å²) in [6, 6.07) is -0.0190. The lowest BCUT2D eigenvalue weighted by atomic mass is 9.81. The van der Waals surface area contributed by atoms with E-state index in [-0.39, 0.29) is 40.4 Å². The lowest BCUT2D eigenvalue weighted by molar-refractivity contribution is 0.261. The van der Waals surface area contributed by atoms with E-state index in [2.05, 4.69) is 25.0 Å². The smallest absolute Gasteiger partial charge is 0.295 e. The zero-order valence-electron chi connectivity index (χ0n) is 16.4. The minimum atomic E-state index is -3.18. The molecular weight excluding hydrogens is 416 g/mol. The maximum absolute atomic E-state index is 13.1. The van der Waals surface area contributed by atoms with E-state index in [1.807, 2.05) is 6.92 Å². The fourth-order valence-corrected chi connectivity index (χ4v) is 4.84. The van der Waals surface area contributed by atoms with Crippen LogP contribution in [0.3, 0.4) is 0 Å². The molecule has 2 aliphatic carbocycles. The number of rotatable bonds is 8. The van der Waals surface area contributed by atoms with Gasteiger partial charge in [0.05, 0.1) is 11.9 Å². The van der Waals surface area contributed by atoms with Crippen molar-refractivity contribution in [3.05, 3.63) is 21.8 Å². The molecule has 2 N–H and O–H groups in total. The Morgan fingerprint density at radius 2 is 2.03 bits per heavy atom. The molecular formula is C18H25ClN6O3S. The molecule has 11 heteroatoms. The van der Waals surface area contributed by atoms with Gasteiger partial charge in [-0.1, -0.05) is 0 Å². The van der Waals surface area contributed by atoms with Crippen LogP contribution in [-0.2, 0) is 10.0 Å². The lowest BCUT2D eigenvalue weighted by Gasteiger charge is -2.35. The molecule has 2 heterocycles. The molecule has 0 aromatic carbocycles. The van der Waals surface area contributed by atoms with E-state index in [1.54, 1.807) is 11.5 Å². The molecule has 4 rings (SSSR count). The Morgan fingerprint density at radius 1 is 1.31 bits per heavy atom. The summed E-state index contributed by atoms with van der Waals surface area (Å²) < 4.78 is 27.6. The number of nitrogens with zero attached hydrogens (tertiary/aromatic N) is 4. The van der Waals surface area contributed by atoms with Gasteiger partial charge in [0, 0.05) is 18.6 Å². The summed E-state index contributed by atoms with van der Waals surface area (Å²) in [6.07, 6.45) is 5.20. The van der Waals surface area contributed by atoms with Gasteiger partial charge in [0.2, 0.25) is 15.3 Å². The minimum Gasteiger partial charge on any atom is -0.365 e. The highest BCUT2D eigenvalue weighted by Crippen LogP contribution is 2.39. The van der Waals surface area contributed by atoms with Crippen molar-refractivity contribution < 1.29 is 8.42 Å². The van der Waals surface area contributed by atoms with E-state index in [9.17, 15) is 13.2 Å². The minimum absolute atomic E-state index is 0.0102. The van der Waals surface area contributed by atoms with Crippen molar-refractivity contribution in [2.45, 2.75) is 51.6 Å². The Bertz CT molecular complexity index is 1080. The average Bonchev–Trinajstić information content (AvgIpc) is 3.48. The summed E-state index contributed by atoms with van der Waals surface area (Å²) in [5.41, 5.74) is 0.762. The van der Waals surface area contributed by atoms with Gasteiger partial charge in [-0.3, -0.25) is 9.36 Å². The van der Waals surface area contributed by atoms with Gasteiger partial charge >= 0.3 is 0 Å². The van der Waals surface area contributed by atoms with Crippen molar-refractivity contribution in [1.82, 2.24) is 24.2 Å². The molecule has 1 atom stereocenters. The Morgan fingerprint density at radius 3 is 2.69 bits per heavy atom. The summed E-state index contributed by atoms with van der Waals surface area (Å²) in [5, 5.41) is 3.25. The monoisotopic (exact) mass is 440 g/mol. The first-order chi connectivity index (χ1) is 13.8. The van der Waals surface area contributed by atoms with Crippen LogP contribution in [0.15, 0.2) is 11.0 Å². The highest BCUT2D eigenvalue weighted by molar-refractivity contribution is 7.89. The predicted octanol–water partition coefficient (Wildman–Crippen LogP) is 1.94. The van der Waals surface area contributed by atoms with Gasteiger partial charge in [-0.25, -0.2) is 23.1 Å². The van der Waals surface area contributed by atoms with Crippen LogP contribution in [0.1, 0.15) is 45.6 Å². The van der Waals surface area contributed by atoms with E-state index >= 15 is 0 Å². The van der Waals surface area contributed by atoms with Crippen molar-refractivity contribution in [2.24, 2.45) is 11.8 Å². The molecule has 0 bridgehead atoms. The van der Waals surface area contributed by atoms with Crippen LogP contribution < -0.4 is 15.6 Å². The average molecular weight is 441 g/mol. The predicted molar refractivity (Wildman–Crippen MR) is 112 cm³/mol. The lowest BCUT2D eigenvalue weighted by Crippen LogP contribution is -2.46. The van der Waals surface area contributed by atoms with Crippen LogP contribution in [0, 0.1) is 11.8 Å². The third kappa shape index (κ3) is 4.39. The Labute approximate surface area is 174 Å². The van der Waals surface area contributed by atoms with Crippen LogP contribution in [0.25, 0.3) is 11.2 Å². The van der Waals surface area contributed by atoms with Gasteiger partial charge in [0.25, 0.3) is 5.56 Å². The molecule has 0 unspecified atom stereocenters. The first-order valence-electron chi connectivity index (χ1n) is 9.96. The number of anilines is 1. The van der Waals surface area contributed by atoms with Crippen LogP contribution in [0.2, 0.25) is 5.28 Å². The number of halogens is 1. The second kappa shape index (κ2) is 7.81. The summed E-state index contributed by atoms with van der Waals surface area (Å²) in [5.74, 6) is 1.10. The second-order valence-corrected chi connectivity index (χ2v) is 10.4. The van der Waals surface area contributed by atoms with E-state index in [4.69, 9.17) is 11.6 Å². The molecule has 0 saturated heterocycles. The molecule has 0 spiro atoms. The van der Waals surface area contributed by atoms with E-state index in [0.29, 0.717) is 23.6 Å².